The van der Waals surface area contributed by atoms with E-state index in [-0.39, 0.29) is 12.3 Å². The van der Waals surface area contributed by atoms with Crippen molar-refractivity contribution in [1.82, 2.24) is 19.7 Å². The third kappa shape index (κ3) is 3.39. The molecule has 0 radical (unpaired) electrons. The second kappa shape index (κ2) is 7.21. The lowest BCUT2D eigenvalue weighted by Gasteiger charge is -2.23. The van der Waals surface area contributed by atoms with Crippen LogP contribution in [-0.2, 0) is 4.74 Å². The monoisotopic (exact) mass is 372 g/mol. The maximum absolute atomic E-state index is 6.07. The summed E-state index contributed by atoms with van der Waals surface area (Å²) in [5.41, 5.74) is 1.66. The van der Waals surface area contributed by atoms with Crippen molar-refractivity contribution in [2.75, 3.05) is 6.61 Å². The molecule has 4 rings (SSSR count). The molecule has 1 fully saturated rings. The molecule has 0 saturated carbocycles. The molecule has 0 amide bonds. The van der Waals surface area contributed by atoms with Crippen LogP contribution >= 0.6 is 11.6 Å². The highest BCUT2D eigenvalue weighted by Crippen LogP contribution is 2.34. The first kappa shape index (κ1) is 17.2. The normalized spacial score (nSPS) is 17.8. The summed E-state index contributed by atoms with van der Waals surface area (Å²) in [6.07, 6.45) is 4.82. The van der Waals surface area contributed by atoms with Gasteiger partial charge in [0.05, 0.1) is 11.6 Å². The fourth-order valence-electron chi connectivity index (χ4n) is 3.22. The van der Waals surface area contributed by atoms with Gasteiger partial charge in [0, 0.05) is 18.2 Å². The Morgan fingerprint density at radius 3 is 2.88 bits per heavy atom. The quantitative estimate of drug-likeness (QED) is 0.624. The second-order valence-electron chi connectivity index (χ2n) is 6.66. The van der Waals surface area contributed by atoms with Gasteiger partial charge in [-0.3, -0.25) is 0 Å². The maximum atomic E-state index is 6.07. The summed E-state index contributed by atoms with van der Waals surface area (Å²) in [5.74, 6) is 1.29. The number of ether oxygens (including phenoxy) is 2. The molecular formula is C19H21ClN4O2. The van der Waals surface area contributed by atoms with E-state index >= 15 is 0 Å². The fourth-order valence-corrected chi connectivity index (χ4v) is 3.35. The van der Waals surface area contributed by atoms with Gasteiger partial charge in [0.2, 0.25) is 0 Å². The van der Waals surface area contributed by atoms with Gasteiger partial charge in [-0.05, 0) is 57.4 Å². The number of nitrogens with zero attached hydrogens (tertiary/aromatic N) is 4. The lowest BCUT2D eigenvalue weighted by atomic mass is 10.1. The van der Waals surface area contributed by atoms with Crippen LogP contribution in [0.3, 0.4) is 0 Å². The lowest BCUT2D eigenvalue weighted by molar-refractivity contribution is -0.0365. The number of halogens is 1. The van der Waals surface area contributed by atoms with Crippen molar-refractivity contribution in [3.05, 3.63) is 35.6 Å². The lowest BCUT2D eigenvalue weighted by Crippen LogP contribution is -2.19. The molecule has 1 atom stereocenters. The minimum Gasteiger partial charge on any atom is -0.491 e. The molecule has 1 aliphatic heterocycles. The first-order valence-corrected chi connectivity index (χ1v) is 9.29. The Balaban J connectivity index is 1.87. The Kier molecular flexibility index (Phi) is 4.78. The van der Waals surface area contributed by atoms with Gasteiger partial charge in [-0.25, -0.2) is 14.6 Å². The maximum Gasteiger partial charge on any atom is 0.182 e. The van der Waals surface area contributed by atoms with Gasteiger partial charge in [-0.1, -0.05) is 11.6 Å². The second-order valence-corrected chi connectivity index (χ2v) is 7.05. The third-order valence-corrected chi connectivity index (χ3v) is 4.52. The molecule has 3 aromatic rings. The minimum atomic E-state index is -0.0731. The fraction of sp³-hybridized carbons (Fsp3) is 0.421. The Morgan fingerprint density at radius 1 is 1.27 bits per heavy atom. The van der Waals surface area contributed by atoms with Crippen molar-refractivity contribution < 1.29 is 9.47 Å². The predicted octanol–water partition coefficient (Wildman–Crippen LogP) is 4.63. The molecule has 136 valence electrons. The van der Waals surface area contributed by atoms with Crippen molar-refractivity contribution in [2.45, 2.75) is 45.4 Å². The van der Waals surface area contributed by atoms with Crippen molar-refractivity contribution in [3.8, 4) is 17.3 Å². The molecule has 1 unspecified atom stereocenters. The molecule has 1 saturated heterocycles. The summed E-state index contributed by atoms with van der Waals surface area (Å²) >= 11 is 6.07. The summed E-state index contributed by atoms with van der Waals surface area (Å²) in [5, 5.41) is 6.12. The van der Waals surface area contributed by atoms with E-state index in [1.807, 2.05) is 36.7 Å². The summed E-state index contributed by atoms with van der Waals surface area (Å²) in [7, 11) is 0. The van der Waals surface area contributed by atoms with E-state index in [1.165, 1.54) is 0 Å². The molecule has 26 heavy (non-hydrogen) atoms. The zero-order chi connectivity index (χ0) is 18.1. The van der Waals surface area contributed by atoms with Gasteiger partial charge < -0.3 is 9.47 Å². The largest absolute Gasteiger partial charge is 0.491 e. The van der Waals surface area contributed by atoms with Crippen LogP contribution in [0, 0.1) is 0 Å². The van der Waals surface area contributed by atoms with Crippen LogP contribution in [0.4, 0.5) is 0 Å². The molecule has 0 aliphatic carbocycles. The van der Waals surface area contributed by atoms with E-state index in [9.17, 15) is 0 Å². The zero-order valence-electron chi connectivity index (χ0n) is 14.9. The molecular weight excluding hydrogens is 352 g/mol. The smallest absolute Gasteiger partial charge is 0.182 e. The van der Waals surface area contributed by atoms with Crippen molar-refractivity contribution in [1.29, 1.82) is 0 Å². The van der Waals surface area contributed by atoms with Gasteiger partial charge >= 0.3 is 0 Å². The Labute approximate surface area is 157 Å². The van der Waals surface area contributed by atoms with Gasteiger partial charge in [0.1, 0.15) is 16.6 Å². The highest BCUT2D eigenvalue weighted by atomic mass is 35.5. The van der Waals surface area contributed by atoms with Crippen LogP contribution in [0.5, 0.6) is 5.75 Å². The number of aromatic nitrogens is 4. The molecule has 6 nitrogen and oxygen atoms in total. The molecule has 3 heterocycles. The van der Waals surface area contributed by atoms with E-state index < -0.39 is 0 Å². The number of fused-ring (bicyclic) bond motifs is 1. The molecule has 0 bridgehead atoms. The zero-order valence-corrected chi connectivity index (χ0v) is 15.6. The predicted molar refractivity (Wildman–Crippen MR) is 100 cm³/mol. The van der Waals surface area contributed by atoms with Crippen LogP contribution in [0.15, 0.2) is 30.5 Å². The van der Waals surface area contributed by atoms with Crippen LogP contribution in [0.1, 0.15) is 39.3 Å². The first-order chi connectivity index (χ1) is 12.6. The number of hydrogen-bond acceptors (Lipinski definition) is 5. The topological polar surface area (TPSA) is 62.1 Å². The van der Waals surface area contributed by atoms with Crippen LogP contribution in [-0.4, -0.2) is 32.5 Å². The van der Waals surface area contributed by atoms with Gasteiger partial charge in [0.25, 0.3) is 0 Å². The number of rotatable bonds is 4. The van der Waals surface area contributed by atoms with E-state index in [2.05, 4.69) is 9.97 Å². The van der Waals surface area contributed by atoms with Crippen LogP contribution in [0.2, 0.25) is 5.15 Å². The summed E-state index contributed by atoms with van der Waals surface area (Å²) in [6.45, 7) is 4.76. The highest BCUT2D eigenvalue weighted by molar-refractivity contribution is 6.29. The summed E-state index contributed by atoms with van der Waals surface area (Å²) in [6, 6.07) is 7.63. The van der Waals surface area contributed by atoms with E-state index in [0.29, 0.717) is 16.7 Å². The van der Waals surface area contributed by atoms with Gasteiger partial charge in [0.15, 0.2) is 12.1 Å². The standard InChI is InChI=1S/C19H21ClN4O2/c1-12(2)26-13-6-7-15-14(11-13)18(19-21-9-8-16(20)22-19)23-24(15)17-5-3-4-10-25-17/h6-9,11-12,17H,3-5,10H2,1-2H3. The molecule has 1 aliphatic rings. The first-order valence-electron chi connectivity index (χ1n) is 8.91. The number of hydrogen-bond donors (Lipinski definition) is 0. The summed E-state index contributed by atoms with van der Waals surface area (Å²) < 4.78 is 13.7. The Hall–Kier alpha value is -2.18. The molecule has 7 heteroatoms. The Bertz CT molecular complexity index is 919. The van der Waals surface area contributed by atoms with Crippen molar-refractivity contribution in [2.24, 2.45) is 0 Å². The SMILES string of the molecule is CC(C)Oc1ccc2c(c1)c(-c1nccc(Cl)n1)nn2C1CCCCO1. The molecule has 1 aromatic carbocycles. The van der Waals surface area contributed by atoms with Crippen LogP contribution in [0.25, 0.3) is 22.4 Å². The van der Waals surface area contributed by atoms with E-state index in [4.69, 9.17) is 26.2 Å². The van der Waals surface area contributed by atoms with Crippen molar-refractivity contribution in [3.63, 3.8) is 0 Å². The average Bonchev–Trinajstić information content (AvgIpc) is 3.01. The average molecular weight is 373 g/mol. The van der Waals surface area contributed by atoms with E-state index in [1.54, 1.807) is 12.3 Å². The molecule has 0 N–H and O–H groups in total. The van der Waals surface area contributed by atoms with Crippen LogP contribution < -0.4 is 4.74 Å². The van der Waals surface area contributed by atoms with E-state index in [0.717, 1.165) is 42.5 Å². The molecule has 0 spiro atoms. The van der Waals surface area contributed by atoms with Gasteiger partial charge in [-0.15, -0.1) is 0 Å². The third-order valence-electron chi connectivity index (χ3n) is 4.31. The number of benzene rings is 1. The molecule has 2 aromatic heterocycles. The van der Waals surface area contributed by atoms with Gasteiger partial charge in [-0.2, -0.15) is 5.10 Å². The minimum absolute atomic E-state index is 0.0731. The highest BCUT2D eigenvalue weighted by Gasteiger charge is 2.23. The summed E-state index contributed by atoms with van der Waals surface area (Å²) in [4.78, 5) is 8.70. The van der Waals surface area contributed by atoms with Crippen molar-refractivity contribution >= 4 is 22.5 Å². The Morgan fingerprint density at radius 2 is 2.15 bits per heavy atom.